The van der Waals surface area contributed by atoms with Crippen molar-refractivity contribution in [3.63, 3.8) is 0 Å². The summed E-state index contributed by atoms with van der Waals surface area (Å²) in [5.41, 5.74) is 1.44. The lowest BCUT2D eigenvalue weighted by molar-refractivity contribution is -0.140. The van der Waals surface area contributed by atoms with Crippen LogP contribution in [0.4, 0.5) is 5.69 Å². The Hall–Kier alpha value is -2.49. The fourth-order valence-electron chi connectivity index (χ4n) is 4.11. The van der Waals surface area contributed by atoms with E-state index in [0.717, 1.165) is 16.1 Å². The number of sulfonamides is 1. The second-order valence-corrected chi connectivity index (χ2v) is 13.2. The number of anilines is 1. The van der Waals surface area contributed by atoms with Crippen LogP contribution in [0.2, 0.25) is 20.1 Å². The van der Waals surface area contributed by atoms with Crippen molar-refractivity contribution in [3.8, 4) is 0 Å². The highest BCUT2D eigenvalue weighted by atomic mass is 35.5. The third-order valence-corrected chi connectivity index (χ3v) is 8.74. The molecule has 12 heteroatoms. The molecule has 3 aromatic rings. The zero-order chi connectivity index (χ0) is 30.3. The molecule has 0 spiro atoms. The van der Waals surface area contributed by atoms with E-state index in [-0.39, 0.29) is 35.6 Å². The molecule has 0 unspecified atom stereocenters. The molecule has 0 heterocycles. The lowest BCUT2D eigenvalue weighted by Gasteiger charge is -2.34. The first-order valence-corrected chi connectivity index (χ1v) is 16.2. The third-order valence-electron chi connectivity index (χ3n) is 6.49. The molecule has 0 saturated heterocycles. The van der Waals surface area contributed by atoms with E-state index in [2.05, 4.69) is 5.32 Å². The summed E-state index contributed by atoms with van der Waals surface area (Å²) < 4.78 is 26.7. The van der Waals surface area contributed by atoms with Crippen LogP contribution in [0, 0.1) is 0 Å². The predicted molar refractivity (Wildman–Crippen MR) is 167 cm³/mol. The Bertz CT molecular complexity index is 1490. The van der Waals surface area contributed by atoms with Gasteiger partial charge < -0.3 is 10.2 Å². The van der Waals surface area contributed by atoms with E-state index in [1.54, 1.807) is 18.2 Å². The Labute approximate surface area is 261 Å². The maximum Gasteiger partial charge on any atom is 0.244 e. The van der Waals surface area contributed by atoms with E-state index in [1.165, 1.54) is 23.1 Å². The Morgan fingerprint density at radius 2 is 1.51 bits per heavy atom. The largest absolute Gasteiger partial charge is 0.352 e. The molecule has 0 bridgehead atoms. The maximum absolute atomic E-state index is 14.1. The number of amides is 2. The maximum atomic E-state index is 14.1. The van der Waals surface area contributed by atoms with Crippen molar-refractivity contribution in [3.05, 3.63) is 97.9 Å². The number of nitrogens with zero attached hydrogens (tertiary/aromatic N) is 2. The molecule has 0 aliphatic heterocycles. The van der Waals surface area contributed by atoms with E-state index >= 15 is 0 Å². The molecule has 0 saturated carbocycles. The molecule has 0 aliphatic carbocycles. The van der Waals surface area contributed by atoms with E-state index in [0.29, 0.717) is 27.1 Å². The summed E-state index contributed by atoms with van der Waals surface area (Å²) in [5.74, 6) is -1.01. The molecule has 3 aromatic carbocycles. The number of carbonyl (C=O) groups is 2. The normalized spacial score (nSPS) is 12.9. The quantitative estimate of drug-likeness (QED) is 0.237. The average Bonchev–Trinajstić information content (AvgIpc) is 2.90. The predicted octanol–water partition coefficient (Wildman–Crippen LogP) is 6.62. The van der Waals surface area contributed by atoms with Crippen molar-refractivity contribution < 1.29 is 18.0 Å². The number of carbonyl (C=O) groups excluding carboxylic acids is 2. The molecule has 2 atom stereocenters. The van der Waals surface area contributed by atoms with Crippen LogP contribution in [0.3, 0.4) is 0 Å². The molecule has 0 aliphatic rings. The zero-order valence-corrected chi connectivity index (χ0v) is 26.6. The summed E-state index contributed by atoms with van der Waals surface area (Å²) in [5, 5.41) is 4.04. The summed E-state index contributed by atoms with van der Waals surface area (Å²) in [6, 6.07) is 17.3. The van der Waals surface area contributed by atoms with Crippen LogP contribution >= 0.6 is 46.4 Å². The second-order valence-electron chi connectivity index (χ2n) is 9.65. The molecule has 1 N–H and O–H groups in total. The fraction of sp³-hybridized carbons (Fsp3) is 0.310. The van der Waals surface area contributed by atoms with Crippen LogP contribution in [-0.4, -0.2) is 50.0 Å². The highest BCUT2D eigenvalue weighted by molar-refractivity contribution is 7.92. The van der Waals surface area contributed by atoms with Crippen LogP contribution < -0.4 is 9.62 Å². The number of hydrogen-bond acceptors (Lipinski definition) is 4. The van der Waals surface area contributed by atoms with Crippen LogP contribution in [0.15, 0.2) is 66.7 Å². The Morgan fingerprint density at radius 1 is 0.902 bits per heavy atom. The van der Waals surface area contributed by atoms with Crippen LogP contribution in [-0.2, 0) is 32.6 Å². The van der Waals surface area contributed by atoms with Gasteiger partial charge in [0.25, 0.3) is 0 Å². The van der Waals surface area contributed by atoms with Gasteiger partial charge in [0.05, 0.1) is 17.0 Å². The van der Waals surface area contributed by atoms with Gasteiger partial charge in [-0.25, -0.2) is 8.42 Å². The molecule has 3 rings (SSSR count). The molecule has 0 aromatic heterocycles. The molecule has 0 fully saturated rings. The Balaban J connectivity index is 2.11. The number of halogens is 4. The molecule has 2 amide bonds. The molecule has 41 heavy (non-hydrogen) atoms. The van der Waals surface area contributed by atoms with Gasteiger partial charge in [-0.2, -0.15) is 0 Å². The van der Waals surface area contributed by atoms with Crippen molar-refractivity contribution in [2.75, 3.05) is 17.1 Å². The monoisotopic (exact) mass is 657 g/mol. The van der Waals surface area contributed by atoms with Gasteiger partial charge in [0.1, 0.15) is 12.6 Å². The minimum Gasteiger partial charge on any atom is -0.352 e. The second kappa shape index (κ2) is 14.6. The van der Waals surface area contributed by atoms with E-state index < -0.39 is 28.5 Å². The number of rotatable bonds is 12. The summed E-state index contributed by atoms with van der Waals surface area (Å²) in [7, 11) is -3.98. The van der Waals surface area contributed by atoms with Gasteiger partial charge >= 0.3 is 0 Å². The topological polar surface area (TPSA) is 86.8 Å². The molecule has 220 valence electrons. The highest BCUT2D eigenvalue weighted by Crippen LogP contribution is 2.31. The van der Waals surface area contributed by atoms with Gasteiger partial charge in [-0.05, 0) is 54.8 Å². The number of nitrogens with one attached hydrogen (secondary N) is 1. The van der Waals surface area contributed by atoms with Crippen molar-refractivity contribution in [1.82, 2.24) is 10.2 Å². The summed E-state index contributed by atoms with van der Waals surface area (Å²) in [6.07, 6.45) is 1.83. The van der Waals surface area contributed by atoms with Gasteiger partial charge in [-0.15, -0.1) is 0 Å². The SMILES string of the molecule is CC[C@H](C)NC(=O)[C@H](Cc1ccccc1)N(Cc1ccc(Cl)cc1Cl)C(=O)CN(c1ccc(Cl)cc1Cl)S(C)(=O)=O. The molecule has 0 radical (unpaired) electrons. The Kier molecular flexibility index (Phi) is 11.8. The van der Waals surface area contributed by atoms with Crippen molar-refractivity contribution in [1.29, 1.82) is 0 Å². The molecular weight excluding hydrogens is 628 g/mol. The van der Waals surface area contributed by atoms with E-state index in [9.17, 15) is 18.0 Å². The van der Waals surface area contributed by atoms with Gasteiger partial charge in [-0.3, -0.25) is 13.9 Å². The first-order valence-electron chi connectivity index (χ1n) is 12.8. The zero-order valence-electron chi connectivity index (χ0n) is 22.8. The van der Waals surface area contributed by atoms with Gasteiger partial charge in [0.15, 0.2) is 0 Å². The Morgan fingerprint density at radius 3 is 2.07 bits per heavy atom. The minimum absolute atomic E-state index is 0.0540. The van der Waals surface area contributed by atoms with Gasteiger partial charge in [-0.1, -0.05) is 89.7 Å². The average molecular weight is 659 g/mol. The summed E-state index contributed by atoms with van der Waals surface area (Å²) >= 11 is 24.9. The standard InChI is InChI=1S/C29H31Cl4N3O4S/c1-4-19(2)34-29(38)27(14-20-8-6-5-7-9-20)35(17-21-10-11-22(30)15-24(21)32)28(37)18-36(41(3,39)40)26-13-12-23(31)16-25(26)33/h5-13,15-16,19,27H,4,14,17-18H2,1-3H3,(H,34,38)/t19-,27-/m0/s1. The van der Waals surface area contributed by atoms with Crippen LogP contribution in [0.5, 0.6) is 0 Å². The highest BCUT2D eigenvalue weighted by Gasteiger charge is 2.34. The smallest absolute Gasteiger partial charge is 0.244 e. The number of benzene rings is 3. The van der Waals surface area contributed by atoms with E-state index in [1.807, 2.05) is 44.2 Å². The lowest BCUT2D eigenvalue weighted by atomic mass is 10.0. The molecular formula is C29H31Cl4N3O4S. The first kappa shape index (κ1) is 33.0. The van der Waals surface area contributed by atoms with Crippen LogP contribution in [0.1, 0.15) is 31.4 Å². The summed E-state index contributed by atoms with van der Waals surface area (Å²) in [6.45, 7) is 3.11. The van der Waals surface area contributed by atoms with Crippen molar-refractivity contribution in [2.24, 2.45) is 0 Å². The van der Waals surface area contributed by atoms with Crippen molar-refractivity contribution in [2.45, 2.75) is 45.3 Å². The fourth-order valence-corrected chi connectivity index (χ4v) is 6.00. The van der Waals surface area contributed by atoms with Gasteiger partial charge in [0, 0.05) is 34.1 Å². The number of hydrogen-bond donors (Lipinski definition) is 1. The van der Waals surface area contributed by atoms with Gasteiger partial charge in [0.2, 0.25) is 21.8 Å². The molecule has 7 nitrogen and oxygen atoms in total. The first-order chi connectivity index (χ1) is 19.3. The van der Waals surface area contributed by atoms with Crippen LogP contribution in [0.25, 0.3) is 0 Å². The minimum atomic E-state index is -3.98. The summed E-state index contributed by atoms with van der Waals surface area (Å²) in [4.78, 5) is 29.2. The third kappa shape index (κ3) is 9.25. The lowest BCUT2D eigenvalue weighted by Crippen LogP contribution is -2.54. The van der Waals surface area contributed by atoms with E-state index in [4.69, 9.17) is 46.4 Å². The van der Waals surface area contributed by atoms with Crippen molar-refractivity contribution >= 4 is 73.9 Å².